The molecule has 1 saturated heterocycles. The quantitative estimate of drug-likeness (QED) is 0.465. The summed E-state index contributed by atoms with van der Waals surface area (Å²) in [7, 11) is 0. The summed E-state index contributed by atoms with van der Waals surface area (Å²) in [4.78, 5) is 25.4. The summed E-state index contributed by atoms with van der Waals surface area (Å²) in [5.74, 6) is 0.844. The summed E-state index contributed by atoms with van der Waals surface area (Å²) >= 11 is 2.93. The Morgan fingerprint density at radius 1 is 1.38 bits per heavy atom. The van der Waals surface area contributed by atoms with Crippen LogP contribution in [0.5, 0.6) is 0 Å². The van der Waals surface area contributed by atoms with E-state index in [1.807, 2.05) is 12.3 Å². The second kappa shape index (κ2) is 8.13. The monoisotopic (exact) mass is 366 g/mol. The van der Waals surface area contributed by atoms with Gasteiger partial charge in [-0.25, -0.2) is 9.97 Å². The van der Waals surface area contributed by atoms with E-state index in [1.165, 1.54) is 42.4 Å². The average molecular weight is 367 g/mol. The van der Waals surface area contributed by atoms with E-state index in [-0.39, 0.29) is 12.5 Å². The minimum Gasteiger partial charge on any atom is -0.396 e. The summed E-state index contributed by atoms with van der Waals surface area (Å²) in [5.41, 5.74) is 0. The lowest BCUT2D eigenvalue weighted by atomic mass is 10.1. The largest absolute Gasteiger partial charge is 0.396 e. The molecule has 0 atom stereocenters. The zero-order chi connectivity index (χ0) is 16.9. The molecule has 1 fully saturated rings. The molecular weight excluding hydrogens is 344 g/mol. The van der Waals surface area contributed by atoms with Crippen molar-refractivity contribution in [3.8, 4) is 0 Å². The number of aliphatic hydroxyl groups excluding tert-OH is 1. The number of fused-ring (bicyclic) bond motifs is 1. The predicted molar refractivity (Wildman–Crippen MR) is 99.3 cm³/mol. The number of anilines is 1. The zero-order valence-electron chi connectivity index (χ0n) is 13.7. The number of hydrogen-bond acceptors (Lipinski definition) is 7. The molecule has 3 heterocycles. The normalized spacial score (nSPS) is 15.0. The molecule has 130 valence electrons. The highest BCUT2D eigenvalue weighted by Gasteiger charge is 2.20. The molecule has 0 aromatic carbocycles. The smallest absolute Gasteiger partial charge is 0.261 e. The van der Waals surface area contributed by atoms with Gasteiger partial charge in [0.25, 0.3) is 5.91 Å². The van der Waals surface area contributed by atoms with Crippen molar-refractivity contribution in [1.82, 2.24) is 15.3 Å². The van der Waals surface area contributed by atoms with Gasteiger partial charge in [-0.15, -0.1) is 11.3 Å². The fourth-order valence-electron chi connectivity index (χ4n) is 2.81. The van der Waals surface area contributed by atoms with E-state index < -0.39 is 0 Å². The van der Waals surface area contributed by atoms with Crippen LogP contribution in [0.25, 0.3) is 10.2 Å². The number of aliphatic hydroxyl groups is 1. The van der Waals surface area contributed by atoms with Crippen LogP contribution in [0.15, 0.2) is 11.2 Å². The molecule has 6 nitrogen and oxygen atoms in total. The van der Waals surface area contributed by atoms with Crippen molar-refractivity contribution in [1.29, 1.82) is 0 Å². The lowest BCUT2D eigenvalue weighted by Gasteiger charge is -2.28. The van der Waals surface area contributed by atoms with Gasteiger partial charge in [-0.1, -0.05) is 11.8 Å². The molecule has 24 heavy (non-hydrogen) atoms. The molecule has 1 aliphatic heterocycles. The SMILES string of the molecule is CSc1nc(N2CCCCC2)c2cc(C(=O)NCCCO)sc2n1. The zero-order valence-corrected chi connectivity index (χ0v) is 15.4. The van der Waals surface area contributed by atoms with E-state index in [0.717, 1.165) is 34.3 Å². The third-order valence-electron chi connectivity index (χ3n) is 4.03. The van der Waals surface area contributed by atoms with Gasteiger partial charge in [-0.05, 0) is 38.0 Å². The van der Waals surface area contributed by atoms with Gasteiger partial charge in [0.05, 0.1) is 10.3 Å². The van der Waals surface area contributed by atoms with Crippen LogP contribution in [-0.4, -0.2) is 53.5 Å². The van der Waals surface area contributed by atoms with E-state index in [4.69, 9.17) is 10.1 Å². The molecule has 8 heteroatoms. The molecule has 0 aliphatic carbocycles. The Morgan fingerprint density at radius 3 is 2.88 bits per heavy atom. The Hall–Kier alpha value is -1.38. The number of hydrogen-bond donors (Lipinski definition) is 2. The van der Waals surface area contributed by atoms with Crippen LogP contribution in [0.1, 0.15) is 35.4 Å². The van der Waals surface area contributed by atoms with E-state index in [1.54, 1.807) is 0 Å². The van der Waals surface area contributed by atoms with Crippen molar-refractivity contribution < 1.29 is 9.90 Å². The Labute approximate surface area is 149 Å². The summed E-state index contributed by atoms with van der Waals surface area (Å²) in [6, 6.07) is 1.91. The maximum atomic E-state index is 12.3. The van der Waals surface area contributed by atoms with Crippen LogP contribution < -0.4 is 10.2 Å². The van der Waals surface area contributed by atoms with E-state index in [0.29, 0.717) is 17.8 Å². The maximum absolute atomic E-state index is 12.3. The van der Waals surface area contributed by atoms with E-state index in [2.05, 4.69) is 15.2 Å². The number of nitrogens with zero attached hydrogens (tertiary/aromatic N) is 3. The van der Waals surface area contributed by atoms with E-state index in [9.17, 15) is 4.79 Å². The van der Waals surface area contributed by atoms with Gasteiger partial charge >= 0.3 is 0 Å². The molecule has 0 spiro atoms. The van der Waals surface area contributed by atoms with Crippen LogP contribution in [0, 0.1) is 0 Å². The fourth-order valence-corrected chi connectivity index (χ4v) is 4.17. The third-order valence-corrected chi connectivity index (χ3v) is 5.61. The van der Waals surface area contributed by atoms with Crippen LogP contribution in [0.2, 0.25) is 0 Å². The molecular formula is C16H22N4O2S2. The Kier molecular flexibility index (Phi) is 5.91. The summed E-state index contributed by atoms with van der Waals surface area (Å²) in [6.45, 7) is 2.57. The molecule has 0 bridgehead atoms. The fraction of sp³-hybridized carbons (Fsp3) is 0.562. The lowest BCUT2D eigenvalue weighted by Crippen LogP contribution is -2.30. The van der Waals surface area contributed by atoms with Gasteiger partial charge in [0.15, 0.2) is 5.16 Å². The maximum Gasteiger partial charge on any atom is 0.261 e. The van der Waals surface area contributed by atoms with E-state index >= 15 is 0 Å². The average Bonchev–Trinajstić information content (AvgIpc) is 3.06. The van der Waals surface area contributed by atoms with Crippen LogP contribution in [-0.2, 0) is 0 Å². The molecule has 2 aromatic rings. The van der Waals surface area contributed by atoms with Crippen LogP contribution >= 0.6 is 23.1 Å². The number of thioether (sulfide) groups is 1. The number of piperidine rings is 1. The molecule has 2 N–H and O–H groups in total. The number of thiophene rings is 1. The van der Waals surface area contributed by atoms with Gasteiger partial charge in [0.2, 0.25) is 0 Å². The highest BCUT2D eigenvalue weighted by Crippen LogP contribution is 2.33. The molecule has 0 saturated carbocycles. The second-order valence-corrected chi connectivity index (χ2v) is 7.55. The van der Waals surface area contributed by atoms with Gasteiger partial charge in [-0.3, -0.25) is 4.79 Å². The number of aromatic nitrogens is 2. The Bertz CT molecular complexity index is 713. The van der Waals surface area contributed by atoms with Crippen molar-refractivity contribution in [2.75, 3.05) is 37.4 Å². The first-order valence-corrected chi connectivity index (χ1v) is 10.3. The van der Waals surface area contributed by atoms with Crippen LogP contribution in [0.3, 0.4) is 0 Å². The molecule has 0 unspecified atom stereocenters. The summed E-state index contributed by atoms with van der Waals surface area (Å²) in [6.07, 6.45) is 6.16. The molecule has 0 radical (unpaired) electrons. The number of amides is 1. The summed E-state index contributed by atoms with van der Waals surface area (Å²) in [5, 5.41) is 13.4. The van der Waals surface area contributed by atoms with Gasteiger partial charge in [0, 0.05) is 26.2 Å². The molecule has 2 aromatic heterocycles. The minimum absolute atomic E-state index is 0.0777. The second-order valence-electron chi connectivity index (χ2n) is 5.74. The van der Waals surface area contributed by atoms with Crippen molar-refractivity contribution >= 4 is 45.0 Å². The van der Waals surface area contributed by atoms with Crippen molar-refractivity contribution in [3.63, 3.8) is 0 Å². The third kappa shape index (κ3) is 3.81. The van der Waals surface area contributed by atoms with Crippen molar-refractivity contribution in [2.45, 2.75) is 30.8 Å². The number of carbonyl (C=O) groups excluding carboxylic acids is 1. The first-order chi connectivity index (χ1) is 11.7. The number of carbonyl (C=O) groups is 1. The molecule has 3 rings (SSSR count). The Morgan fingerprint density at radius 2 is 2.17 bits per heavy atom. The predicted octanol–water partition coefficient (Wildman–Crippen LogP) is 2.52. The highest BCUT2D eigenvalue weighted by atomic mass is 32.2. The lowest BCUT2D eigenvalue weighted by molar-refractivity contribution is 0.0955. The van der Waals surface area contributed by atoms with Crippen LogP contribution in [0.4, 0.5) is 5.82 Å². The molecule has 1 aliphatic rings. The minimum atomic E-state index is -0.109. The standard InChI is InChI=1S/C16H22N4O2S2/c1-23-16-18-13(20-7-3-2-4-8-20)11-10-12(24-15(11)19-16)14(22)17-6-5-9-21/h10,21H,2-9H2,1H3,(H,17,22). The van der Waals surface area contributed by atoms with Crippen molar-refractivity contribution in [3.05, 3.63) is 10.9 Å². The highest BCUT2D eigenvalue weighted by molar-refractivity contribution is 7.98. The topological polar surface area (TPSA) is 78.4 Å². The van der Waals surface area contributed by atoms with Crippen molar-refractivity contribution in [2.24, 2.45) is 0 Å². The first kappa shape index (κ1) is 17.4. The summed E-state index contributed by atoms with van der Waals surface area (Å²) < 4.78 is 0. The van der Waals surface area contributed by atoms with Gasteiger partial charge < -0.3 is 15.3 Å². The Balaban J connectivity index is 1.93. The van der Waals surface area contributed by atoms with Gasteiger partial charge in [-0.2, -0.15) is 0 Å². The number of nitrogens with one attached hydrogen (secondary N) is 1. The first-order valence-electron chi connectivity index (χ1n) is 8.22. The van der Waals surface area contributed by atoms with Gasteiger partial charge in [0.1, 0.15) is 10.6 Å². The number of rotatable bonds is 6. The molecule has 1 amide bonds.